The number of amides is 1. The quantitative estimate of drug-likeness (QED) is 0.510. The Morgan fingerprint density at radius 2 is 2.00 bits per heavy atom. The first kappa shape index (κ1) is 17.4. The van der Waals surface area contributed by atoms with Gasteiger partial charge in [0.1, 0.15) is 5.69 Å². The lowest BCUT2D eigenvalue weighted by molar-refractivity contribution is 0.0774. The Morgan fingerprint density at radius 1 is 1.14 bits per heavy atom. The van der Waals surface area contributed by atoms with E-state index in [0.29, 0.717) is 46.9 Å². The van der Waals surface area contributed by atoms with Crippen LogP contribution in [0.3, 0.4) is 0 Å². The summed E-state index contributed by atoms with van der Waals surface area (Å²) in [6.07, 6.45) is 4.52. The zero-order valence-electron chi connectivity index (χ0n) is 16.0. The van der Waals surface area contributed by atoms with E-state index in [-0.39, 0.29) is 5.91 Å². The van der Waals surface area contributed by atoms with Gasteiger partial charge in [0.05, 0.1) is 22.9 Å². The van der Waals surface area contributed by atoms with Crippen molar-refractivity contribution < 1.29 is 13.7 Å². The van der Waals surface area contributed by atoms with Crippen molar-refractivity contribution >= 4 is 22.6 Å². The number of benzene rings is 1. The van der Waals surface area contributed by atoms with Gasteiger partial charge in [0.25, 0.3) is 11.6 Å². The van der Waals surface area contributed by atoms with Gasteiger partial charge in [0, 0.05) is 13.1 Å². The van der Waals surface area contributed by atoms with Crippen LogP contribution in [0.1, 0.15) is 28.0 Å². The predicted octanol–water partition coefficient (Wildman–Crippen LogP) is 4.72. The molecule has 6 nitrogen and oxygen atoms in total. The average molecular weight is 385 g/mol. The summed E-state index contributed by atoms with van der Waals surface area (Å²) in [6.45, 7) is 3.04. The average Bonchev–Trinajstić information content (AvgIpc) is 3.44. The van der Waals surface area contributed by atoms with E-state index in [4.69, 9.17) is 8.94 Å². The zero-order chi connectivity index (χ0) is 19.8. The smallest absolute Gasteiger partial charge is 0.259 e. The molecule has 1 aliphatic heterocycles. The van der Waals surface area contributed by atoms with Crippen LogP contribution in [-0.4, -0.2) is 34.0 Å². The maximum Gasteiger partial charge on any atom is 0.259 e. The lowest BCUT2D eigenvalue weighted by Gasteiger charge is -2.27. The van der Waals surface area contributed by atoms with Crippen LogP contribution in [0.5, 0.6) is 0 Å². The van der Waals surface area contributed by atoms with Crippen molar-refractivity contribution in [3.8, 4) is 11.5 Å². The maximum atomic E-state index is 13.4. The highest BCUT2D eigenvalue weighted by molar-refractivity contribution is 6.07. The minimum atomic E-state index is -0.0557. The van der Waals surface area contributed by atoms with Crippen LogP contribution in [0.2, 0.25) is 0 Å². The normalized spacial score (nSPS) is 14.2. The Morgan fingerprint density at radius 3 is 2.72 bits per heavy atom. The van der Waals surface area contributed by atoms with Gasteiger partial charge in [-0.3, -0.25) is 4.79 Å². The molecule has 0 saturated carbocycles. The summed E-state index contributed by atoms with van der Waals surface area (Å²) >= 11 is 0. The molecule has 1 amide bonds. The second-order valence-corrected chi connectivity index (χ2v) is 7.08. The Balaban J connectivity index is 1.50. The van der Waals surface area contributed by atoms with Crippen molar-refractivity contribution in [2.75, 3.05) is 13.1 Å². The number of hydrogen-bond donors (Lipinski definition) is 0. The SMILES string of the molecule is Cc1noc2nc(-c3ccco3)cc(C(=O)N3CC=C(c4ccccc4)CC3)c12. The fraction of sp³-hybridized carbons (Fsp3) is 0.174. The van der Waals surface area contributed by atoms with Crippen molar-refractivity contribution in [3.63, 3.8) is 0 Å². The van der Waals surface area contributed by atoms with Gasteiger partial charge in [-0.15, -0.1) is 0 Å². The van der Waals surface area contributed by atoms with Gasteiger partial charge in [-0.1, -0.05) is 41.6 Å². The molecule has 144 valence electrons. The second-order valence-electron chi connectivity index (χ2n) is 7.08. The summed E-state index contributed by atoms with van der Waals surface area (Å²) in [5.74, 6) is 0.528. The molecule has 1 aromatic carbocycles. The van der Waals surface area contributed by atoms with E-state index in [1.54, 1.807) is 24.5 Å². The van der Waals surface area contributed by atoms with Gasteiger partial charge in [-0.05, 0) is 42.7 Å². The number of nitrogens with zero attached hydrogens (tertiary/aromatic N) is 3. The fourth-order valence-corrected chi connectivity index (χ4v) is 3.75. The molecule has 4 aromatic rings. The Bertz CT molecular complexity index is 1210. The highest BCUT2D eigenvalue weighted by atomic mass is 16.5. The molecular weight excluding hydrogens is 366 g/mol. The van der Waals surface area contributed by atoms with E-state index >= 15 is 0 Å². The minimum Gasteiger partial charge on any atom is -0.463 e. The van der Waals surface area contributed by atoms with Crippen LogP contribution in [0.15, 0.2) is 69.8 Å². The first-order chi connectivity index (χ1) is 14.2. The van der Waals surface area contributed by atoms with E-state index in [2.05, 4.69) is 28.3 Å². The number of fused-ring (bicyclic) bond motifs is 1. The molecule has 0 atom stereocenters. The van der Waals surface area contributed by atoms with E-state index in [0.717, 1.165) is 6.42 Å². The fourth-order valence-electron chi connectivity index (χ4n) is 3.75. The van der Waals surface area contributed by atoms with Gasteiger partial charge < -0.3 is 13.8 Å². The number of carbonyl (C=O) groups is 1. The largest absolute Gasteiger partial charge is 0.463 e. The molecule has 0 bridgehead atoms. The second kappa shape index (κ2) is 7.05. The first-order valence-corrected chi connectivity index (χ1v) is 9.55. The molecule has 0 saturated heterocycles. The third-order valence-electron chi connectivity index (χ3n) is 5.26. The Labute approximate surface area is 167 Å². The van der Waals surface area contributed by atoms with Crippen molar-refractivity contribution in [1.29, 1.82) is 0 Å². The van der Waals surface area contributed by atoms with Gasteiger partial charge in [0.2, 0.25) is 0 Å². The predicted molar refractivity (Wildman–Crippen MR) is 109 cm³/mol. The maximum absolute atomic E-state index is 13.4. The number of hydrogen-bond acceptors (Lipinski definition) is 5. The van der Waals surface area contributed by atoms with E-state index in [1.807, 2.05) is 30.0 Å². The summed E-state index contributed by atoms with van der Waals surface area (Å²) < 4.78 is 10.8. The zero-order valence-corrected chi connectivity index (χ0v) is 16.0. The molecule has 0 fully saturated rings. The first-order valence-electron chi connectivity index (χ1n) is 9.55. The summed E-state index contributed by atoms with van der Waals surface area (Å²) in [4.78, 5) is 19.7. The van der Waals surface area contributed by atoms with Crippen LogP contribution >= 0.6 is 0 Å². The molecule has 29 heavy (non-hydrogen) atoms. The topological polar surface area (TPSA) is 72.4 Å². The lowest BCUT2D eigenvalue weighted by atomic mass is 9.99. The number of pyridine rings is 1. The van der Waals surface area contributed by atoms with Crippen LogP contribution < -0.4 is 0 Å². The van der Waals surface area contributed by atoms with Crippen molar-refractivity contribution in [3.05, 3.63) is 77.7 Å². The Hall–Kier alpha value is -3.67. The van der Waals surface area contributed by atoms with Gasteiger partial charge in [-0.25, -0.2) is 4.98 Å². The van der Waals surface area contributed by atoms with Crippen LogP contribution in [-0.2, 0) is 0 Å². The molecule has 0 radical (unpaired) electrons. The van der Waals surface area contributed by atoms with Gasteiger partial charge in [0.15, 0.2) is 5.76 Å². The molecule has 5 rings (SSSR count). The van der Waals surface area contributed by atoms with Crippen LogP contribution in [0, 0.1) is 6.92 Å². The monoisotopic (exact) mass is 385 g/mol. The molecule has 0 unspecified atom stereocenters. The summed E-state index contributed by atoms with van der Waals surface area (Å²) in [6, 6.07) is 15.6. The summed E-state index contributed by atoms with van der Waals surface area (Å²) in [5, 5.41) is 4.66. The molecule has 0 aliphatic carbocycles. The minimum absolute atomic E-state index is 0.0557. The number of rotatable bonds is 3. The van der Waals surface area contributed by atoms with Crippen molar-refractivity contribution in [2.24, 2.45) is 0 Å². The summed E-state index contributed by atoms with van der Waals surface area (Å²) in [7, 11) is 0. The van der Waals surface area contributed by atoms with Crippen molar-refractivity contribution in [1.82, 2.24) is 15.0 Å². The molecule has 0 N–H and O–H groups in total. The molecule has 0 spiro atoms. The lowest BCUT2D eigenvalue weighted by Crippen LogP contribution is -2.34. The third-order valence-corrected chi connectivity index (χ3v) is 5.26. The van der Waals surface area contributed by atoms with Gasteiger partial charge >= 0.3 is 0 Å². The number of aromatic nitrogens is 2. The van der Waals surface area contributed by atoms with Crippen LogP contribution in [0.4, 0.5) is 0 Å². The highest BCUT2D eigenvalue weighted by Gasteiger charge is 2.25. The van der Waals surface area contributed by atoms with E-state index in [1.165, 1.54) is 11.1 Å². The van der Waals surface area contributed by atoms with Crippen LogP contribution in [0.25, 0.3) is 28.1 Å². The summed E-state index contributed by atoms with van der Waals surface area (Å²) in [5.41, 5.74) is 4.57. The third kappa shape index (κ3) is 3.12. The van der Waals surface area contributed by atoms with E-state index < -0.39 is 0 Å². The van der Waals surface area contributed by atoms with Gasteiger partial charge in [-0.2, -0.15) is 0 Å². The Kier molecular flexibility index (Phi) is 4.24. The number of aryl methyl sites for hydroxylation is 1. The molecule has 3 aromatic heterocycles. The highest BCUT2D eigenvalue weighted by Crippen LogP contribution is 2.29. The molecule has 1 aliphatic rings. The van der Waals surface area contributed by atoms with Crippen molar-refractivity contribution in [2.45, 2.75) is 13.3 Å². The molecule has 6 heteroatoms. The molecule has 4 heterocycles. The molecular formula is C23H19N3O3. The number of carbonyl (C=O) groups excluding carboxylic acids is 1. The van der Waals surface area contributed by atoms with E-state index in [9.17, 15) is 4.79 Å². The standard InChI is InChI=1S/C23H19N3O3/c1-15-21-18(14-19(20-8-5-13-28-20)24-22(21)29-25-15)23(27)26-11-9-17(10-12-26)16-6-3-2-4-7-16/h2-9,13-14H,10-12H2,1H3. The number of furan rings is 1.